The lowest BCUT2D eigenvalue weighted by molar-refractivity contribution is 0.253. The fraction of sp³-hybridized carbons (Fsp3) is 0.294. The number of para-hydroxylation sites is 1. The highest BCUT2D eigenvalue weighted by atomic mass is 14.7. The highest BCUT2D eigenvalue weighted by Crippen LogP contribution is 2.44. The molecule has 1 aliphatic carbocycles. The maximum atomic E-state index is 6.03. The summed E-state index contributed by atoms with van der Waals surface area (Å²) >= 11 is 0. The molecule has 0 atom stereocenters. The van der Waals surface area contributed by atoms with Crippen molar-refractivity contribution in [1.29, 1.82) is 0 Å². The molecular weight excluding hydrogens is 232 g/mol. The number of nitrogens with two attached hydrogens (primary N) is 1. The van der Waals surface area contributed by atoms with Gasteiger partial charge in [-0.1, -0.05) is 30.7 Å². The van der Waals surface area contributed by atoms with Crippen molar-refractivity contribution in [2.75, 3.05) is 6.54 Å². The molecule has 1 heterocycles. The Morgan fingerprint density at radius 1 is 1.00 bits per heavy atom. The van der Waals surface area contributed by atoms with E-state index >= 15 is 0 Å². The van der Waals surface area contributed by atoms with Crippen LogP contribution in [0, 0.1) is 0 Å². The molecular formula is C17H18N2. The highest BCUT2D eigenvalue weighted by Gasteiger charge is 2.37. The fourth-order valence-electron chi connectivity index (χ4n) is 3.39. The zero-order valence-corrected chi connectivity index (χ0v) is 10.9. The van der Waals surface area contributed by atoms with Gasteiger partial charge in [-0.15, -0.1) is 0 Å². The van der Waals surface area contributed by atoms with E-state index in [1.165, 1.54) is 46.6 Å². The lowest BCUT2D eigenvalue weighted by atomic mass is 9.64. The van der Waals surface area contributed by atoms with Crippen molar-refractivity contribution in [2.45, 2.75) is 24.7 Å². The van der Waals surface area contributed by atoms with Gasteiger partial charge in [0.25, 0.3) is 0 Å². The van der Waals surface area contributed by atoms with E-state index in [1.807, 2.05) is 0 Å². The van der Waals surface area contributed by atoms with Gasteiger partial charge in [0.1, 0.15) is 0 Å². The van der Waals surface area contributed by atoms with E-state index in [-0.39, 0.29) is 5.41 Å². The highest BCUT2D eigenvalue weighted by molar-refractivity contribution is 6.07. The summed E-state index contributed by atoms with van der Waals surface area (Å²) in [5, 5.41) is 2.64. The Hall–Kier alpha value is -1.80. The lowest BCUT2D eigenvalue weighted by Crippen LogP contribution is -2.41. The second-order valence-corrected chi connectivity index (χ2v) is 5.77. The van der Waals surface area contributed by atoms with E-state index in [0.717, 1.165) is 6.54 Å². The summed E-state index contributed by atoms with van der Waals surface area (Å²) in [4.78, 5) is 3.48. The number of aromatic nitrogens is 1. The van der Waals surface area contributed by atoms with Crippen molar-refractivity contribution in [3.05, 3.63) is 48.0 Å². The quantitative estimate of drug-likeness (QED) is 0.715. The number of benzene rings is 2. The summed E-state index contributed by atoms with van der Waals surface area (Å²) in [6, 6.07) is 15.3. The molecule has 1 aromatic heterocycles. The minimum Gasteiger partial charge on any atom is -0.355 e. The van der Waals surface area contributed by atoms with E-state index < -0.39 is 0 Å². The second-order valence-electron chi connectivity index (χ2n) is 5.77. The first-order valence-electron chi connectivity index (χ1n) is 7.03. The van der Waals surface area contributed by atoms with Crippen LogP contribution in [0.5, 0.6) is 0 Å². The number of aromatic amines is 1. The topological polar surface area (TPSA) is 41.8 Å². The Morgan fingerprint density at radius 2 is 1.79 bits per heavy atom. The summed E-state index contributed by atoms with van der Waals surface area (Å²) in [7, 11) is 0. The summed E-state index contributed by atoms with van der Waals surface area (Å²) in [5.41, 5.74) is 10.1. The third-order valence-electron chi connectivity index (χ3n) is 4.82. The molecule has 0 spiro atoms. The largest absolute Gasteiger partial charge is 0.355 e. The third kappa shape index (κ3) is 1.47. The fourth-order valence-corrected chi connectivity index (χ4v) is 3.39. The van der Waals surface area contributed by atoms with Crippen LogP contribution in [0.1, 0.15) is 24.8 Å². The van der Waals surface area contributed by atoms with Crippen molar-refractivity contribution in [2.24, 2.45) is 5.73 Å². The second kappa shape index (κ2) is 3.84. The van der Waals surface area contributed by atoms with Crippen LogP contribution >= 0.6 is 0 Å². The van der Waals surface area contributed by atoms with Crippen LogP contribution < -0.4 is 5.73 Å². The van der Waals surface area contributed by atoms with Gasteiger partial charge in [0.05, 0.1) is 0 Å². The van der Waals surface area contributed by atoms with Crippen LogP contribution in [0.15, 0.2) is 42.5 Å². The normalized spacial score (nSPS) is 17.7. The first kappa shape index (κ1) is 11.1. The van der Waals surface area contributed by atoms with E-state index in [1.54, 1.807) is 0 Å². The van der Waals surface area contributed by atoms with Gasteiger partial charge < -0.3 is 10.7 Å². The molecule has 0 bridgehead atoms. The predicted octanol–water partition coefficient (Wildman–Crippen LogP) is 3.70. The minimum absolute atomic E-state index is 0.243. The smallest absolute Gasteiger partial charge is 0.0465 e. The Morgan fingerprint density at radius 3 is 2.53 bits per heavy atom. The molecule has 3 aromatic rings. The number of hydrogen-bond donors (Lipinski definition) is 2. The van der Waals surface area contributed by atoms with Crippen molar-refractivity contribution in [3.8, 4) is 0 Å². The first-order chi connectivity index (χ1) is 9.32. The Bertz CT molecular complexity index is 745. The van der Waals surface area contributed by atoms with Crippen LogP contribution in [0.2, 0.25) is 0 Å². The molecule has 3 N–H and O–H groups in total. The molecule has 0 amide bonds. The Balaban J connectivity index is 1.97. The standard InChI is InChI=1S/C17H18N2/c18-11-17(8-3-9-17)12-6-7-16-14(10-12)13-4-1-2-5-15(13)19-16/h1-2,4-7,10,19H,3,8-9,11,18H2. The number of hydrogen-bond acceptors (Lipinski definition) is 1. The SMILES string of the molecule is NCC1(c2ccc3[nH]c4ccccc4c3c2)CCC1. The molecule has 96 valence electrons. The molecule has 2 nitrogen and oxygen atoms in total. The Kier molecular flexibility index (Phi) is 2.24. The molecule has 2 aromatic carbocycles. The monoisotopic (exact) mass is 250 g/mol. The number of rotatable bonds is 2. The molecule has 0 radical (unpaired) electrons. The van der Waals surface area contributed by atoms with E-state index in [9.17, 15) is 0 Å². The molecule has 0 aliphatic heterocycles. The third-order valence-corrected chi connectivity index (χ3v) is 4.82. The van der Waals surface area contributed by atoms with Gasteiger partial charge in [-0.2, -0.15) is 0 Å². The summed E-state index contributed by atoms with van der Waals surface area (Å²) in [6.07, 6.45) is 3.78. The van der Waals surface area contributed by atoms with Crippen molar-refractivity contribution < 1.29 is 0 Å². The molecule has 19 heavy (non-hydrogen) atoms. The summed E-state index contributed by atoms with van der Waals surface area (Å²) in [6.45, 7) is 0.765. The van der Waals surface area contributed by atoms with Gasteiger partial charge in [-0.3, -0.25) is 0 Å². The average molecular weight is 250 g/mol. The van der Waals surface area contributed by atoms with Gasteiger partial charge >= 0.3 is 0 Å². The van der Waals surface area contributed by atoms with Gasteiger partial charge in [0.2, 0.25) is 0 Å². The van der Waals surface area contributed by atoms with Crippen LogP contribution in [0.3, 0.4) is 0 Å². The molecule has 1 aliphatic rings. The van der Waals surface area contributed by atoms with Crippen LogP contribution in [-0.2, 0) is 5.41 Å². The summed E-state index contributed by atoms with van der Waals surface area (Å²) < 4.78 is 0. The van der Waals surface area contributed by atoms with E-state index in [4.69, 9.17) is 5.73 Å². The molecule has 1 saturated carbocycles. The molecule has 2 heteroatoms. The maximum absolute atomic E-state index is 6.03. The first-order valence-corrected chi connectivity index (χ1v) is 7.03. The zero-order valence-electron chi connectivity index (χ0n) is 10.9. The molecule has 4 rings (SSSR count). The van der Waals surface area contributed by atoms with Crippen molar-refractivity contribution in [1.82, 2.24) is 4.98 Å². The molecule has 0 saturated heterocycles. The maximum Gasteiger partial charge on any atom is 0.0465 e. The van der Waals surface area contributed by atoms with Crippen LogP contribution in [-0.4, -0.2) is 11.5 Å². The number of fused-ring (bicyclic) bond motifs is 3. The van der Waals surface area contributed by atoms with Gasteiger partial charge in [0.15, 0.2) is 0 Å². The van der Waals surface area contributed by atoms with Gasteiger partial charge in [0, 0.05) is 33.8 Å². The average Bonchev–Trinajstić information content (AvgIpc) is 2.76. The van der Waals surface area contributed by atoms with E-state index in [2.05, 4.69) is 47.4 Å². The molecule has 0 unspecified atom stereocenters. The van der Waals surface area contributed by atoms with Gasteiger partial charge in [-0.05, 0) is 36.6 Å². The number of nitrogens with one attached hydrogen (secondary N) is 1. The van der Waals surface area contributed by atoms with Gasteiger partial charge in [-0.25, -0.2) is 0 Å². The van der Waals surface area contributed by atoms with E-state index in [0.29, 0.717) is 0 Å². The minimum atomic E-state index is 0.243. The lowest BCUT2D eigenvalue weighted by Gasteiger charge is -2.41. The summed E-state index contributed by atoms with van der Waals surface area (Å²) in [5.74, 6) is 0. The van der Waals surface area contributed by atoms with Crippen molar-refractivity contribution in [3.63, 3.8) is 0 Å². The molecule has 1 fully saturated rings. The number of H-pyrrole nitrogens is 1. The van der Waals surface area contributed by atoms with Crippen molar-refractivity contribution >= 4 is 21.8 Å². The van der Waals surface area contributed by atoms with Crippen LogP contribution in [0.4, 0.5) is 0 Å². The predicted molar refractivity (Wildman–Crippen MR) is 80.4 cm³/mol. The van der Waals surface area contributed by atoms with Crippen LogP contribution in [0.25, 0.3) is 21.8 Å². The Labute approximate surface area is 112 Å². The zero-order chi connectivity index (χ0) is 12.9.